The fourth-order valence-electron chi connectivity index (χ4n) is 3.72. The molecule has 0 radical (unpaired) electrons. The summed E-state index contributed by atoms with van der Waals surface area (Å²) in [7, 11) is 0. The Morgan fingerprint density at radius 1 is 0.778 bits per heavy atom. The number of carboxylic acids is 4. The largest absolute Gasteiger partial charge is 0.854 e. The number of carboxylic acid groups (broad SMARTS) is 4. The van der Waals surface area contributed by atoms with Crippen LogP contribution in [-0.4, -0.2) is 110 Å². The molecule has 13 nitrogen and oxygen atoms in total. The monoisotopic (exact) mass is 508 g/mol. The van der Waals surface area contributed by atoms with Crippen molar-refractivity contribution in [3.8, 4) is 5.75 Å². The molecule has 202 valence electrons. The number of hydrogen-bond acceptors (Lipinski definition) is 13. The highest BCUT2D eigenvalue weighted by Gasteiger charge is 2.22. The van der Waals surface area contributed by atoms with Gasteiger partial charge >= 0.3 is 0 Å². The number of ether oxygens (including phenoxy) is 1. The highest BCUT2D eigenvalue weighted by atomic mass is 16.5. The second-order valence-corrected chi connectivity index (χ2v) is 8.04. The summed E-state index contributed by atoms with van der Waals surface area (Å²) in [6.45, 7) is -1.34. The van der Waals surface area contributed by atoms with E-state index in [1.54, 1.807) is 24.3 Å². The van der Waals surface area contributed by atoms with E-state index in [1.165, 1.54) is 9.80 Å². The van der Waals surface area contributed by atoms with Crippen LogP contribution >= 0.6 is 0 Å². The SMILES string of the molecule is CCOc1ccc(C[C@@H](CN(CCN(CC(=O)[O-])CC(=O)[O-])CC(=O)[O-])N(CC[O-])CC(=O)[O-])cc1. The van der Waals surface area contributed by atoms with Gasteiger partial charge in [-0.15, -0.1) is 6.61 Å². The maximum atomic E-state index is 11.4. The lowest BCUT2D eigenvalue weighted by Crippen LogP contribution is -2.54. The van der Waals surface area contributed by atoms with Gasteiger partial charge < -0.3 is 49.4 Å². The molecule has 0 unspecified atom stereocenters. The second-order valence-electron chi connectivity index (χ2n) is 8.04. The third-order valence-corrected chi connectivity index (χ3v) is 5.19. The molecule has 0 saturated carbocycles. The van der Waals surface area contributed by atoms with Gasteiger partial charge in [-0.1, -0.05) is 12.1 Å². The molecule has 0 aromatic heterocycles. The first kappa shape index (κ1) is 30.8. The molecule has 0 N–H and O–H groups in total. The zero-order valence-electron chi connectivity index (χ0n) is 20.1. The van der Waals surface area contributed by atoms with Crippen molar-refractivity contribution >= 4 is 23.9 Å². The summed E-state index contributed by atoms with van der Waals surface area (Å²) in [5.41, 5.74) is 0.765. The van der Waals surface area contributed by atoms with Gasteiger partial charge in [-0.2, -0.15) is 0 Å². The Hall–Kier alpha value is -3.26. The lowest BCUT2D eigenvalue weighted by molar-refractivity contribution is -0.370. The molecule has 1 aromatic carbocycles. The van der Waals surface area contributed by atoms with Crippen molar-refractivity contribution in [2.24, 2.45) is 0 Å². The van der Waals surface area contributed by atoms with Crippen LogP contribution < -0.4 is 30.3 Å². The normalized spacial score (nSPS) is 12.1. The van der Waals surface area contributed by atoms with Crippen molar-refractivity contribution in [1.29, 1.82) is 0 Å². The van der Waals surface area contributed by atoms with Gasteiger partial charge in [0.15, 0.2) is 0 Å². The molecule has 0 spiro atoms. The van der Waals surface area contributed by atoms with Crippen LogP contribution in [0, 0.1) is 0 Å². The summed E-state index contributed by atoms with van der Waals surface area (Å²) in [4.78, 5) is 48.3. The van der Waals surface area contributed by atoms with Crippen molar-refractivity contribution in [3.63, 3.8) is 0 Å². The maximum Gasteiger partial charge on any atom is 0.119 e. The summed E-state index contributed by atoms with van der Waals surface area (Å²) in [6, 6.07) is 6.32. The Bertz CT molecular complexity index is 833. The summed E-state index contributed by atoms with van der Waals surface area (Å²) in [5, 5.41) is 55.9. The van der Waals surface area contributed by atoms with Crippen molar-refractivity contribution in [2.75, 3.05) is 65.6 Å². The van der Waals surface area contributed by atoms with Gasteiger partial charge in [0.25, 0.3) is 0 Å². The molecule has 36 heavy (non-hydrogen) atoms. The predicted octanol–water partition coefficient (Wildman–Crippen LogP) is -6.74. The lowest BCUT2D eigenvalue weighted by Gasteiger charge is -2.37. The molecule has 0 bridgehead atoms. The smallest absolute Gasteiger partial charge is 0.119 e. The molecule has 0 saturated heterocycles. The molecule has 0 fully saturated rings. The molecule has 0 amide bonds. The average Bonchev–Trinajstić information content (AvgIpc) is 2.76. The van der Waals surface area contributed by atoms with Gasteiger partial charge in [0, 0.05) is 51.9 Å². The Kier molecular flexibility index (Phi) is 14.0. The third kappa shape index (κ3) is 13.0. The lowest BCUT2D eigenvalue weighted by atomic mass is 10.0. The van der Waals surface area contributed by atoms with E-state index in [2.05, 4.69) is 0 Å². The number of aliphatic carboxylic acids is 4. The fourth-order valence-corrected chi connectivity index (χ4v) is 3.72. The Morgan fingerprint density at radius 3 is 1.75 bits per heavy atom. The van der Waals surface area contributed by atoms with Crippen molar-refractivity contribution in [3.05, 3.63) is 29.8 Å². The van der Waals surface area contributed by atoms with Crippen LogP contribution in [0.25, 0.3) is 0 Å². The van der Waals surface area contributed by atoms with Crippen molar-refractivity contribution in [1.82, 2.24) is 14.7 Å². The topological polar surface area (TPSA) is 203 Å². The van der Waals surface area contributed by atoms with Crippen LogP contribution in [0.5, 0.6) is 5.75 Å². The minimum Gasteiger partial charge on any atom is -0.854 e. The van der Waals surface area contributed by atoms with E-state index in [0.717, 1.165) is 10.5 Å². The minimum absolute atomic E-state index is 0.0427. The second kappa shape index (κ2) is 16.4. The van der Waals surface area contributed by atoms with E-state index < -0.39 is 62.7 Å². The number of rotatable bonds is 20. The van der Waals surface area contributed by atoms with Gasteiger partial charge in [0.05, 0.1) is 30.5 Å². The molecule has 13 heteroatoms. The molecule has 0 aliphatic heterocycles. The summed E-state index contributed by atoms with van der Waals surface area (Å²) in [6.07, 6.45) is 0.241. The first-order valence-electron chi connectivity index (χ1n) is 11.3. The zero-order valence-corrected chi connectivity index (χ0v) is 20.1. The molecule has 0 heterocycles. The van der Waals surface area contributed by atoms with E-state index in [0.29, 0.717) is 12.4 Å². The minimum atomic E-state index is -1.52. The average molecular weight is 509 g/mol. The first-order chi connectivity index (χ1) is 17.0. The van der Waals surface area contributed by atoms with E-state index in [4.69, 9.17) is 4.74 Å². The first-order valence-corrected chi connectivity index (χ1v) is 11.3. The highest BCUT2D eigenvalue weighted by Crippen LogP contribution is 2.16. The zero-order chi connectivity index (χ0) is 27.1. The van der Waals surface area contributed by atoms with Gasteiger partial charge in [0.1, 0.15) is 5.75 Å². The van der Waals surface area contributed by atoms with E-state index in [1.807, 2.05) is 6.92 Å². The highest BCUT2D eigenvalue weighted by molar-refractivity contribution is 5.70. The number of carbonyl (C=O) groups excluding carboxylic acids is 4. The van der Waals surface area contributed by atoms with Gasteiger partial charge in [-0.3, -0.25) is 14.7 Å². The van der Waals surface area contributed by atoms with Crippen LogP contribution in [0.2, 0.25) is 0 Å². The van der Waals surface area contributed by atoms with Crippen molar-refractivity contribution < 1.29 is 49.4 Å². The third-order valence-electron chi connectivity index (χ3n) is 5.19. The van der Waals surface area contributed by atoms with E-state index in [9.17, 15) is 44.7 Å². The molecule has 1 aromatic rings. The summed E-state index contributed by atoms with van der Waals surface area (Å²) < 4.78 is 5.41. The summed E-state index contributed by atoms with van der Waals surface area (Å²) in [5.74, 6) is -5.28. The quantitative estimate of drug-likeness (QED) is 0.161. The van der Waals surface area contributed by atoms with Gasteiger partial charge in [0.2, 0.25) is 0 Å². The van der Waals surface area contributed by atoms with Gasteiger partial charge in [-0.05, 0) is 37.6 Å². The molecule has 0 aliphatic rings. The standard InChI is InChI=1S/C23H34N3O10/c1-2-36-19-5-3-17(4-6-19)11-18(26(9-10-27)16-23(34)35)12-24(13-20(28)29)7-8-25(14-21(30)31)15-22(32)33/h3-6,18H,2,7-16H2,1H3,(H,28,29)(H,30,31)(H,32,33)(H,34,35)/q-1/p-4/t18-/m0/s1. The molecule has 0 aliphatic carbocycles. The number of carbonyl (C=O) groups is 4. The predicted molar refractivity (Wildman–Crippen MR) is 114 cm³/mol. The molecule has 1 rings (SSSR count). The van der Waals surface area contributed by atoms with Crippen LogP contribution in [0.15, 0.2) is 24.3 Å². The van der Waals surface area contributed by atoms with Crippen LogP contribution in [0.3, 0.4) is 0 Å². The van der Waals surface area contributed by atoms with Gasteiger partial charge in [-0.25, -0.2) is 0 Å². The fraction of sp³-hybridized carbons (Fsp3) is 0.565. The van der Waals surface area contributed by atoms with Crippen LogP contribution in [0.4, 0.5) is 0 Å². The van der Waals surface area contributed by atoms with Crippen LogP contribution in [0.1, 0.15) is 12.5 Å². The molecular formula is C23H30N3O10-5. The number of hydrogen-bond donors (Lipinski definition) is 0. The molecule has 1 atom stereocenters. The Labute approximate surface area is 209 Å². The number of benzene rings is 1. The Morgan fingerprint density at radius 2 is 1.28 bits per heavy atom. The van der Waals surface area contributed by atoms with Crippen LogP contribution in [-0.2, 0) is 25.6 Å². The van der Waals surface area contributed by atoms with E-state index in [-0.39, 0.29) is 32.6 Å². The summed E-state index contributed by atoms with van der Waals surface area (Å²) >= 11 is 0. The Balaban J connectivity index is 3.13. The van der Waals surface area contributed by atoms with E-state index >= 15 is 0 Å². The van der Waals surface area contributed by atoms with Crippen molar-refractivity contribution in [2.45, 2.75) is 19.4 Å². The maximum absolute atomic E-state index is 11.4. The number of nitrogens with zero attached hydrogens (tertiary/aromatic N) is 3. The molecular weight excluding hydrogens is 478 g/mol.